The molecule has 0 aliphatic carbocycles. The van der Waals surface area contributed by atoms with Gasteiger partial charge in [-0.3, -0.25) is 4.79 Å². The zero-order chi connectivity index (χ0) is 6.41. The number of nitrogens with zero attached hydrogens (tertiary/aromatic N) is 1. The highest BCUT2D eigenvalue weighted by Crippen LogP contribution is 1.77. The summed E-state index contributed by atoms with van der Waals surface area (Å²) in [7, 11) is 0. The van der Waals surface area contributed by atoms with Crippen LogP contribution < -0.4 is 0 Å². The van der Waals surface area contributed by atoms with Gasteiger partial charge in [0.15, 0.2) is 0 Å². The zero-order valence-electron chi connectivity index (χ0n) is 4.21. The van der Waals surface area contributed by atoms with Crippen molar-refractivity contribution in [3.8, 4) is 0 Å². The molecule has 0 rings (SSSR count). The Morgan fingerprint density at radius 3 is 2.78 bits per heavy atom. The molecule has 0 saturated carbocycles. The Balaban J connectivity index is 0. The third-order valence-electron chi connectivity index (χ3n) is 0.278. The predicted molar refractivity (Wildman–Crippen MR) is 33.7 cm³/mol. The molecule has 3 nitrogen and oxygen atoms in total. The average Bonchev–Trinajstić information content (AvgIpc) is 1.66. The fourth-order valence-electron chi connectivity index (χ4n) is 0.107. The quantitative estimate of drug-likeness (QED) is 0.367. The molecule has 0 bridgehead atoms. The number of oxime groups is 1. The van der Waals surface area contributed by atoms with Crippen molar-refractivity contribution in [3.63, 3.8) is 0 Å². The van der Waals surface area contributed by atoms with Crippen molar-refractivity contribution >= 4 is 35.5 Å². The monoisotopic (exact) mass is 175 g/mol. The summed E-state index contributed by atoms with van der Waals surface area (Å²) in [5, 5.41) is 2.01. The molecule has 0 aliphatic heterocycles. The Hall–Kier alpha value is -0.350. The fraction of sp³-hybridized carbons (Fsp3) is 0.333. The summed E-state index contributed by atoms with van der Waals surface area (Å²) >= 11 is 4.72. The highest BCUT2D eigenvalue weighted by molar-refractivity contribution is 6.77. The van der Waals surface area contributed by atoms with Crippen LogP contribution in [0.5, 0.6) is 0 Å². The molecule has 0 N–H and O–H groups in total. The van der Waals surface area contributed by atoms with Crippen molar-refractivity contribution in [2.45, 2.75) is 0 Å². The lowest BCUT2D eigenvalue weighted by Crippen LogP contribution is -1.87. The molecule has 0 aromatic rings. The van der Waals surface area contributed by atoms with E-state index in [1.165, 1.54) is 0 Å². The maximum atomic E-state index is 11.0. The van der Waals surface area contributed by atoms with Gasteiger partial charge in [-0.15, -0.1) is 12.4 Å². The summed E-state index contributed by atoms with van der Waals surface area (Å²) in [6.45, 7) is -1.05. The topological polar surface area (TPSA) is 38.7 Å². The van der Waals surface area contributed by atoms with Gasteiger partial charge in [0.1, 0.15) is 6.21 Å². The normalized spacial score (nSPS) is 8.67. The van der Waals surface area contributed by atoms with Gasteiger partial charge in [0.25, 0.3) is 12.1 Å². The van der Waals surface area contributed by atoms with Gasteiger partial charge in [-0.25, -0.2) is 4.39 Å². The van der Waals surface area contributed by atoms with Crippen molar-refractivity contribution in [3.05, 3.63) is 0 Å². The van der Waals surface area contributed by atoms with E-state index in [1.54, 1.807) is 0 Å². The summed E-state index contributed by atoms with van der Waals surface area (Å²) in [4.78, 5) is 13.5. The highest BCUT2D eigenvalue weighted by atomic mass is 35.5. The standard InChI is InChI=1S/C3H3ClFNO2.ClH/c4-3(7)1-6-8-2-5;/h1H,2H2;1H. The molecule has 0 saturated heterocycles. The first-order chi connectivity index (χ1) is 3.77. The van der Waals surface area contributed by atoms with Crippen LogP contribution in [0.1, 0.15) is 0 Å². The molecule has 0 amide bonds. The Labute approximate surface area is 62.2 Å². The summed E-state index contributed by atoms with van der Waals surface area (Å²) < 4.78 is 11.0. The first-order valence-corrected chi connectivity index (χ1v) is 2.06. The van der Waals surface area contributed by atoms with Crippen LogP contribution in [0.15, 0.2) is 5.16 Å². The fourth-order valence-corrected chi connectivity index (χ4v) is 0.147. The number of hydrogen-bond acceptors (Lipinski definition) is 3. The van der Waals surface area contributed by atoms with Gasteiger partial charge in [0, 0.05) is 0 Å². The van der Waals surface area contributed by atoms with Gasteiger partial charge in [0.05, 0.1) is 0 Å². The smallest absolute Gasteiger partial charge is 0.266 e. The van der Waals surface area contributed by atoms with Crippen LogP contribution in [0.3, 0.4) is 0 Å². The minimum atomic E-state index is -1.05. The van der Waals surface area contributed by atoms with Crippen molar-refractivity contribution in [2.24, 2.45) is 5.16 Å². The van der Waals surface area contributed by atoms with E-state index < -0.39 is 12.1 Å². The zero-order valence-corrected chi connectivity index (χ0v) is 5.78. The SMILES string of the molecule is Cl.O=C(Cl)C=NOCF. The van der Waals surface area contributed by atoms with Crippen LogP contribution in [0.2, 0.25) is 0 Å². The molecule has 0 heterocycles. The van der Waals surface area contributed by atoms with Crippen molar-refractivity contribution in [1.82, 2.24) is 0 Å². The van der Waals surface area contributed by atoms with Crippen molar-refractivity contribution in [1.29, 1.82) is 0 Å². The third kappa shape index (κ3) is 11.3. The number of alkyl halides is 1. The number of carbonyl (C=O) groups is 1. The second-order valence-electron chi connectivity index (χ2n) is 0.777. The Morgan fingerprint density at radius 1 is 1.89 bits per heavy atom. The van der Waals surface area contributed by atoms with Crippen LogP contribution in [-0.2, 0) is 9.63 Å². The largest absolute Gasteiger partial charge is 0.362 e. The lowest BCUT2D eigenvalue weighted by molar-refractivity contribution is -0.106. The lowest BCUT2D eigenvalue weighted by atomic mass is 10.9. The van der Waals surface area contributed by atoms with Crippen molar-refractivity contribution in [2.75, 3.05) is 6.86 Å². The van der Waals surface area contributed by atoms with E-state index in [2.05, 4.69) is 9.99 Å². The van der Waals surface area contributed by atoms with Gasteiger partial charge in [-0.05, 0) is 11.6 Å². The van der Waals surface area contributed by atoms with Gasteiger partial charge in [-0.2, -0.15) is 0 Å². The average molecular weight is 176 g/mol. The van der Waals surface area contributed by atoms with E-state index in [4.69, 9.17) is 11.6 Å². The first-order valence-electron chi connectivity index (χ1n) is 1.68. The van der Waals surface area contributed by atoms with Gasteiger partial charge in [0.2, 0.25) is 0 Å². The predicted octanol–water partition coefficient (Wildman–Crippen LogP) is 1.10. The minimum absolute atomic E-state index is 0. The molecule has 0 radical (unpaired) electrons. The Bertz CT molecular complexity index is 108. The highest BCUT2D eigenvalue weighted by Gasteiger charge is 1.83. The molecular formula is C3H4Cl2FNO2. The molecule has 54 valence electrons. The molecule has 0 aromatic carbocycles. The Kier molecular flexibility index (Phi) is 9.73. The van der Waals surface area contributed by atoms with E-state index in [1.807, 2.05) is 0 Å². The van der Waals surface area contributed by atoms with Crippen LogP contribution in [0.4, 0.5) is 4.39 Å². The minimum Gasteiger partial charge on any atom is -0.362 e. The Morgan fingerprint density at radius 2 is 2.44 bits per heavy atom. The molecular weight excluding hydrogens is 172 g/mol. The van der Waals surface area contributed by atoms with Gasteiger partial charge < -0.3 is 4.84 Å². The molecule has 0 fully saturated rings. The number of carbonyl (C=O) groups excluding carboxylic acids is 1. The maximum absolute atomic E-state index is 11.0. The summed E-state index contributed by atoms with van der Waals surface area (Å²) in [6.07, 6.45) is 0.668. The molecule has 0 atom stereocenters. The van der Waals surface area contributed by atoms with E-state index in [0.29, 0.717) is 6.21 Å². The van der Waals surface area contributed by atoms with Crippen LogP contribution >= 0.6 is 24.0 Å². The lowest BCUT2D eigenvalue weighted by Gasteiger charge is -1.82. The third-order valence-corrected chi connectivity index (χ3v) is 0.375. The van der Waals surface area contributed by atoms with E-state index in [0.717, 1.165) is 0 Å². The van der Waals surface area contributed by atoms with Crippen molar-refractivity contribution < 1.29 is 14.0 Å². The number of rotatable bonds is 3. The van der Waals surface area contributed by atoms with Gasteiger partial charge >= 0.3 is 0 Å². The maximum Gasteiger partial charge on any atom is 0.266 e. The molecule has 0 spiro atoms. The van der Waals surface area contributed by atoms with E-state index in [9.17, 15) is 9.18 Å². The molecule has 6 heteroatoms. The summed E-state index contributed by atoms with van der Waals surface area (Å²) in [5.41, 5.74) is 0. The molecule has 0 unspecified atom stereocenters. The number of hydrogen-bond donors (Lipinski definition) is 0. The second kappa shape index (κ2) is 7.65. The first kappa shape index (κ1) is 11.4. The van der Waals surface area contributed by atoms with E-state index in [-0.39, 0.29) is 12.4 Å². The summed E-state index contributed by atoms with van der Waals surface area (Å²) in [5.74, 6) is 0. The molecule has 0 aromatic heterocycles. The van der Waals surface area contributed by atoms with Crippen LogP contribution in [0.25, 0.3) is 0 Å². The van der Waals surface area contributed by atoms with Crippen LogP contribution in [0, 0.1) is 0 Å². The van der Waals surface area contributed by atoms with Crippen LogP contribution in [-0.4, -0.2) is 18.3 Å². The van der Waals surface area contributed by atoms with Gasteiger partial charge in [-0.1, -0.05) is 5.16 Å². The van der Waals surface area contributed by atoms with E-state index >= 15 is 0 Å². The molecule has 0 aliphatic rings. The summed E-state index contributed by atoms with van der Waals surface area (Å²) in [6, 6.07) is 0. The molecule has 9 heavy (non-hydrogen) atoms. The second-order valence-corrected chi connectivity index (χ2v) is 1.15. The number of halogens is 3.